The van der Waals surface area contributed by atoms with Gasteiger partial charge in [-0.25, -0.2) is 0 Å². The molecule has 1 amide bonds. The maximum Gasteiger partial charge on any atom is 0.257 e. The Kier molecular flexibility index (Phi) is 3.72. The average molecular weight is 270 g/mol. The van der Waals surface area contributed by atoms with Crippen LogP contribution in [0, 0.1) is 0 Å². The minimum Gasteiger partial charge on any atom is -0.382 e. The van der Waals surface area contributed by atoms with Crippen molar-refractivity contribution in [2.45, 2.75) is 26.1 Å². The number of amides is 1. The number of ether oxygens (including phenoxy) is 1. The normalized spacial score (nSPS) is 24.1. The molecule has 1 saturated heterocycles. The Labute approximate surface area is 110 Å². The largest absolute Gasteiger partial charge is 0.382 e. The van der Waals surface area contributed by atoms with Crippen molar-refractivity contribution < 1.29 is 9.53 Å². The number of hydrogen-bond acceptors (Lipinski definition) is 6. The molecule has 7 heteroatoms. The molecule has 1 aliphatic rings. The molecule has 18 heavy (non-hydrogen) atoms. The van der Waals surface area contributed by atoms with Crippen LogP contribution in [-0.4, -0.2) is 42.6 Å². The van der Waals surface area contributed by atoms with Crippen molar-refractivity contribution in [2.24, 2.45) is 0 Å². The standard InChI is InChI=1S/C11H18N4O2S/c1-6-4-15(5-7(2)17-6)11-8(10(16)13-3)9(12)14-18-11/h6-7H,4-5H2,1-3H3,(H2,12,14)(H,13,16)/t6-,7+. The van der Waals surface area contributed by atoms with E-state index < -0.39 is 0 Å². The first kappa shape index (κ1) is 13.1. The van der Waals surface area contributed by atoms with Crippen LogP contribution in [0.5, 0.6) is 0 Å². The zero-order valence-electron chi connectivity index (χ0n) is 10.8. The van der Waals surface area contributed by atoms with Crippen molar-refractivity contribution in [1.29, 1.82) is 0 Å². The van der Waals surface area contributed by atoms with Gasteiger partial charge < -0.3 is 20.7 Å². The fraction of sp³-hybridized carbons (Fsp3) is 0.636. The van der Waals surface area contributed by atoms with Crippen LogP contribution < -0.4 is 16.0 Å². The third kappa shape index (κ3) is 2.41. The summed E-state index contributed by atoms with van der Waals surface area (Å²) in [7, 11) is 1.59. The fourth-order valence-corrected chi connectivity index (χ4v) is 3.02. The van der Waals surface area contributed by atoms with Crippen molar-refractivity contribution in [1.82, 2.24) is 9.69 Å². The molecule has 6 nitrogen and oxygen atoms in total. The maximum atomic E-state index is 11.8. The van der Waals surface area contributed by atoms with Gasteiger partial charge in [-0.3, -0.25) is 4.79 Å². The molecule has 0 unspecified atom stereocenters. The van der Waals surface area contributed by atoms with Gasteiger partial charge in [0.2, 0.25) is 0 Å². The number of nitrogens with one attached hydrogen (secondary N) is 1. The molecule has 0 saturated carbocycles. The zero-order chi connectivity index (χ0) is 13.3. The van der Waals surface area contributed by atoms with E-state index in [-0.39, 0.29) is 18.1 Å². The van der Waals surface area contributed by atoms with Gasteiger partial charge in [0.15, 0.2) is 5.82 Å². The molecule has 3 N–H and O–H groups in total. The second kappa shape index (κ2) is 5.11. The Balaban J connectivity index is 2.30. The van der Waals surface area contributed by atoms with Crippen molar-refractivity contribution in [3.8, 4) is 0 Å². The lowest BCUT2D eigenvalue weighted by molar-refractivity contribution is -0.00505. The molecule has 1 aliphatic heterocycles. The van der Waals surface area contributed by atoms with E-state index in [1.807, 2.05) is 13.8 Å². The molecule has 0 aromatic carbocycles. The van der Waals surface area contributed by atoms with Gasteiger partial charge in [-0.1, -0.05) is 0 Å². The Morgan fingerprint density at radius 3 is 2.67 bits per heavy atom. The van der Waals surface area contributed by atoms with Gasteiger partial charge in [0.25, 0.3) is 5.91 Å². The topological polar surface area (TPSA) is 80.5 Å². The summed E-state index contributed by atoms with van der Waals surface area (Å²) in [6.07, 6.45) is 0.268. The fourth-order valence-electron chi connectivity index (χ4n) is 2.19. The summed E-state index contributed by atoms with van der Waals surface area (Å²) in [5.74, 6) is 0.101. The van der Waals surface area contributed by atoms with Crippen molar-refractivity contribution in [3.63, 3.8) is 0 Å². The van der Waals surface area contributed by atoms with Crippen LogP contribution in [0.3, 0.4) is 0 Å². The minimum absolute atomic E-state index is 0.134. The van der Waals surface area contributed by atoms with Crippen molar-refractivity contribution in [3.05, 3.63) is 5.56 Å². The van der Waals surface area contributed by atoms with Crippen LogP contribution in [0.4, 0.5) is 10.8 Å². The number of carbonyl (C=O) groups is 1. The lowest BCUT2D eigenvalue weighted by Crippen LogP contribution is -2.45. The smallest absolute Gasteiger partial charge is 0.257 e. The molecule has 0 radical (unpaired) electrons. The van der Waals surface area contributed by atoms with Crippen LogP contribution >= 0.6 is 11.5 Å². The van der Waals surface area contributed by atoms with Crippen LogP contribution in [0.25, 0.3) is 0 Å². The molecule has 2 heterocycles. The number of nitrogens with two attached hydrogens (primary N) is 1. The predicted molar refractivity (Wildman–Crippen MR) is 72.1 cm³/mol. The van der Waals surface area contributed by atoms with Crippen molar-refractivity contribution in [2.75, 3.05) is 30.8 Å². The summed E-state index contributed by atoms with van der Waals surface area (Å²) in [5.41, 5.74) is 6.25. The quantitative estimate of drug-likeness (QED) is 0.827. The van der Waals surface area contributed by atoms with Gasteiger partial charge >= 0.3 is 0 Å². The Bertz CT molecular complexity index is 438. The highest BCUT2D eigenvalue weighted by Gasteiger charge is 2.28. The number of nitrogens with zero attached hydrogens (tertiary/aromatic N) is 2. The van der Waals surface area contributed by atoms with E-state index in [0.717, 1.165) is 18.1 Å². The highest BCUT2D eigenvalue weighted by molar-refractivity contribution is 7.11. The Morgan fingerprint density at radius 2 is 2.11 bits per heavy atom. The number of morpholine rings is 1. The van der Waals surface area contributed by atoms with E-state index in [4.69, 9.17) is 10.5 Å². The van der Waals surface area contributed by atoms with E-state index in [0.29, 0.717) is 11.4 Å². The predicted octanol–water partition coefficient (Wildman–Crippen LogP) is 0.698. The number of carbonyl (C=O) groups excluding carboxylic acids is 1. The van der Waals surface area contributed by atoms with E-state index in [1.54, 1.807) is 7.05 Å². The van der Waals surface area contributed by atoms with E-state index in [9.17, 15) is 4.79 Å². The Hall–Kier alpha value is -1.34. The lowest BCUT2D eigenvalue weighted by atomic mass is 10.2. The molecule has 0 spiro atoms. The molecule has 0 aliphatic carbocycles. The second-order valence-electron chi connectivity index (χ2n) is 4.49. The first-order chi connectivity index (χ1) is 8.52. The van der Waals surface area contributed by atoms with Gasteiger partial charge in [0.1, 0.15) is 10.6 Å². The monoisotopic (exact) mass is 270 g/mol. The number of nitrogen functional groups attached to an aromatic ring is 1. The SMILES string of the molecule is CNC(=O)c1c(N)nsc1N1C[C@@H](C)O[C@@H](C)C1. The maximum absolute atomic E-state index is 11.8. The zero-order valence-corrected chi connectivity index (χ0v) is 11.6. The summed E-state index contributed by atoms with van der Waals surface area (Å²) in [6, 6.07) is 0. The summed E-state index contributed by atoms with van der Waals surface area (Å²) < 4.78 is 9.77. The lowest BCUT2D eigenvalue weighted by Gasteiger charge is -2.36. The molecule has 100 valence electrons. The van der Waals surface area contributed by atoms with Gasteiger partial charge in [-0.15, -0.1) is 0 Å². The molecule has 0 bridgehead atoms. The number of hydrogen-bond donors (Lipinski definition) is 2. The third-order valence-electron chi connectivity index (χ3n) is 2.86. The van der Waals surface area contributed by atoms with Crippen molar-refractivity contribution >= 4 is 28.3 Å². The number of rotatable bonds is 2. The first-order valence-electron chi connectivity index (χ1n) is 5.90. The first-order valence-corrected chi connectivity index (χ1v) is 6.68. The summed E-state index contributed by atoms with van der Waals surface area (Å²) >= 11 is 1.26. The minimum atomic E-state index is -0.192. The molecule has 1 fully saturated rings. The molecule has 1 aromatic heterocycles. The highest BCUT2D eigenvalue weighted by atomic mass is 32.1. The van der Waals surface area contributed by atoms with Gasteiger partial charge in [-0.05, 0) is 25.4 Å². The molecule has 2 rings (SSSR count). The molecular formula is C11H18N4O2S. The van der Waals surface area contributed by atoms with Gasteiger partial charge in [0, 0.05) is 20.1 Å². The third-order valence-corrected chi connectivity index (χ3v) is 3.78. The molecule has 2 atom stereocenters. The average Bonchev–Trinajstić information content (AvgIpc) is 2.69. The molecule has 1 aromatic rings. The summed E-state index contributed by atoms with van der Waals surface area (Å²) in [4.78, 5) is 14.0. The van der Waals surface area contributed by atoms with Crippen LogP contribution in [0.15, 0.2) is 0 Å². The number of aromatic nitrogens is 1. The Morgan fingerprint density at radius 1 is 1.50 bits per heavy atom. The van der Waals surface area contributed by atoms with Crippen LogP contribution in [-0.2, 0) is 4.74 Å². The summed E-state index contributed by atoms with van der Waals surface area (Å²) in [6.45, 7) is 5.53. The molecular weight excluding hydrogens is 252 g/mol. The summed E-state index contributed by atoms with van der Waals surface area (Å²) in [5, 5.41) is 3.43. The highest BCUT2D eigenvalue weighted by Crippen LogP contribution is 2.32. The van der Waals surface area contributed by atoms with Crippen LogP contribution in [0.1, 0.15) is 24.2 Å². The second-order valence-corrected chi connectivity index (χ2v) is 5.24. The van der Waals surface area contributed by atoms with E-state index in [2.05, 4.69) is 14.6 Å². The van der Waals surface area contributed by atoms with E-state index >= 15 is 0 Å². The van der Waals surface area contributed by atoms with Gasteiger partial charge in [-0.2, -0.15) is 4.37 Å². The van der Waals surface area contributed by atoms with Crippen LogP contribution in [0.2, 0.25) is 0 Å². The van der Waals surface area contributed by atoms with Gasteiger partial charge in [0.05, 0.1) is 12.2 Å². The number of anilines is 2. The van der Waals surface area contributed by atoms with E-state index in [1.165, 1.54) is 11.5 Å².